The molecule has 2 aliphatic rings. The Hall–Kier alpha value is -2.22. The molecule has 2 bridgehead atoms. The van der Waals surface area contributed by atoms with Gasteiger partial charge in [0.1, 0.15) is 0 Å². The van der Waals surface area contributed by atoms with Gasteiger partial charge in [0.15, 0.2) is 11.6 Å². The smallest absolute Gasteiger partial charge is 0.166 e. The first-order valence-corrected chi connectivity index (χ1v) is 9.26. The minimum absolute atomic E-state index is 0.143. The topological polar surface area (TPSA) is 34.1 Å². The van der Waals surface area contributed by atoms with E-state index in [1.807, 2.05) is 62.4 Å². The monoisotopic (exact) mass is 332 g/mol. The van der Waals surface area contributed by atoms with Crippen LogP contribution in [0.15, 0.2) is 48.5 Å². The lowest BCUT2D eigenvalue weighted by Crippen LogP contribution is -2.35. The average molecular weight is 332 g/mol. The van der Waals surface area contributed by atoms with Crippen molar-refractivity contribution in [2.45, 2.75) is 33.1 Å². The van der Waals surface area contributed by atoms with Crippen molar-refractivity contribution in [2.24, 2.45) is 23.7 Å². The molecule has 0 spiro atoms. The first-order chi connectivity index (χ1) is 12.0. The maximum atomic E-state index is 13.2. The molecule has 4 atom stereocenters. The van der Waals surface area contributed by atoms with E-state index in [1.54, 1.807) is 0 Å². The normalized spacial score (nSPS) is 27.4. The van der Waals surface area contributed by atoms with Crippen molar-refractivity contribution in [3.63, 3.8) is 0 Å². The predicted octanol–water partition coefficient (Wildman–Crippen LogP) is 5.03. The Balaban J connectivity index is 1.65. The van der Waals surface area contributed by atoms with E-state index in [0.29, 0.717) is 11.8 Å². The molecule has 0 N–H and O–H groups in total. The third kappa shape index (κ3) is 2.84. The molecule has 2 heteroatoms. The standard InChI is InChI=1S/C23H24O2/c1-14-3-7-16(8-4-14)22(24)20-18-11-12-19(13-18)21(20)23(25)17-9-5-15(2)6-10-17/h3-10,18-21H,11-13H2,1-2H3/t18-,19+,20-,21-/m1/s1. The zero-order valence-electron chi connectivity index (χ0n) is 14.9. The summed E-state index contributed by atoms with van der Waals surface area (Å²) in [7, 11) is 0. The van der Waals surface area contributed by atoms with Gasteiger partial charge in [-0.05, 0) is 44.9 Å². The van der Waals surface area contributed by atoms with Gasteiger partial charge in [0, 0.05) is 23.0 Å². The summed E-state index contributed by atoms with van der Waals surface area (Å²) in [4.78, 5) is 26.4. The van der Waals surface area contributed by atoms with Gasteiger partial charge < -0.3 is 0 Å². The summed E-state index contributed by atoms with van der Waals surface area (Å²) in [6, 6.07) is 15.6. The number of benzene rings is 2. The highest BCUT2D eigenvalue weighted by molar-refractivity contribution is 6.05. The largest absolute Gasteiger partial charge is 0.294 e. The fourth-order valence-electron chi connectivity index (χ4n) is 4.87. The van der Waals surface area contributed by atoms with Crippen LogP contribution in [0.2, 0.25) is 0 Å². The van der Waals surface area contributed by atoms with E-state index in [1.165, 1.54) is 0 Å². The number of rotatable bonds is 4. The second kappa shape index (κ2) is 6.25. The number of fused-ring (bicyclic) bond motifs is 2. The molecule has 2 nitrogen and oxygen atoms in total. The molecular formula is C23H24O2. The van der Waals surface area contributed by atoms with E-state index in [-0.39, 0.29) is 23.4 Å². The first-order valence-electron chi connectivity index (χ1n) is 9.26. The Bertz CT molecular complexity index is 731. The molecule has 0 saturated heterocycles. The van der Waals surface area contributed by atoms with E-state index >= 15 is 0 Å². The van der Waals surface area contributed by atoms with Crippen LogP contribution in [0.25, 0.3) is 0 Å². The van der Waals surface area contributed by atoms with Gasteiger partial charge in [-0.15, -0.1) is 0 Å². The van der Waals surface area contributed by atoms with Crippen molar-refractivity contribution in [1.29, 1.82) is 0 Å². The fraction of sp³-hybridized carbons (Fsp3) is 0.391. The van der Waals surface area contributed by atoms with Crippen molar-refractivity contribution in [1.82, 2.24) is 0 Å². The zero-order chi connectivity index (χ0) is 17.6. The van der Waals surface area contributed by atoms with E-state index in [9.17, 15) is 9.59 Å². The summed E-state index contributed by atoms with van der Waals surface area (Å²) in [6.45, 7) is 4.05. The Morgan fingerprint density at radius 2 is 1.04 bits per heavy atom. The number of carbonyl (C=O) groups excluding carboxylic acids is 2. The highest BCUT2D eigenvalue weighted by atomic mass is 16.1. The lowest BCUT2D eigenvalue weighted by molar-refractivity contribution is 0.0694. The zero-order valence-corrected chi connectivity index (χ0v) is 14.9. The van der Waals surface area contributed by atoms with Crippen molar-refractivity contribution in [2.75, 3.05) is 0 Å². The second-order valence-electron chi connectivity index (χ2n) is 7.85. The van der Waals surface area contributed by atoms with Crippen LogP contribution >= 0.6 is 0 Å². The van der Waals surface area contributed by atoms with Gasteiger partial charge in [0.2, 0.25) is 0 Å². The van der Waals surface area contributed by atoms with Crippen molar-refractivity contribution in [3.8, 4) is 0 Å². The van der Waals surface area contributed by atoms with Crippen molar-refractivity contribution in [3.05, 3.63) is 70.8 Å². The molecule has 2 aromatic carbocycles. The Morgan fingerprint density at radius 1 is 0.680 bits per heavy atom. The minimum atomic E-state index is -0.143. The van der Waals surface area contributed by atoms with Crippen LogP contribution in [0.4, 0.5) is 0 Å². The molecule has 0 amide bonds. The van der Waals surface area contributed by atoms with Crippen molar-refractivity contribution >= 4 is 11.6 Å². The third-order valence-corrected chi connectivity index (χ3v) is 6.19. The maximum Gasteiger partial charge on any atom is 0.166 e. The van der Waals surface area contributed by atoms with Crippen LogP contribution in [0, 0.1) is 37.5 Å². The molecular weight excluding hydrogens is 308 g/mol. The molecule has 2 aliphatic carbocycles. The highest BCUT2D eigenvalue weighted by Crippen LogP contribution is 2.54. The number of Topliss-reactive ketones (excluding diaryl/α,β-unsaturated/α-hetero) is 2. The molecule has 4 rings (SSSR count). The Labute approximate surface area is 149 Å². The second-order valence-corrected chi connectivity index (χ2v) is 7.85. The van der Waals surface area contributed by atoms with Gasteiger partial charge in [0.05, 0.1) is 0 Å². The molecule has 0 aromatic heterocycles. The van der Waals surface area contributed by atoms with Crippen LogP contribution in [0.5, 0.6) is 0 Å². The predicted molar refractivity (Wildman–Crippen MR) is 98.8 cm³/mol. The van der Waals surface area contributed by atoms with Crippen LogP contribution in [-0.4, -0.2) is 11.6 Å². The van der Waals surface area contributed by atoms with Gasteiger partial charge in [-0.25, -0.2) is 0 Å². The molecule has 0 heterocycles. The minimum Gasteiger partial charge on any atom is -0.294 e. The number of aryl methyl sites for hydroxylation is 2. The number of carbonyl (C=O) groups is 2. The van der Waals surface area contributed by atoms with Crippen LogP contribution in [0.3, 0.4) is 0 Å². The summed E-state index contributed by atoms with van der Waals surface area (Å²) in [6.07, 6.45) is 3.21. The van der Waals surface area contributed by atoms with Crippen LogP contribution in [-0.2, 0) is 0 Å². The lowest BCUT2D eigenvalue weighted by Gasteiger charge is -2.29. The summed E-state index contributed by atoms with van der Waals surface area (Å²) in [5, 5.41) is 0. The highest BCUT2D eigenvalue weighted by Gasteiger charge is 2.53. The van der Waals surface area contributed by atoms with Gasteiger partial charge in [-0.1, -0.05) is 59.7 Å². The first kappa shape index (κ1) is 16.3. The number of hydrogen-bond donors (Lipinski definition) is 0. The average Bonchev–Trinajstić information content (AvgIpc) is 3.23. The quantitative estimate of drug-likeness (QED) is 0.736. The lowest BCUT2D eigenvalue weighted by atomic mass is 9.72. The number of ketones is 2. The van der Waals surface area contributed by atoms with Crippen molar-refractivity contribution < 1.29 is 9.59 Å². The molecule has 0 aliphatic heterocycles. The molecule has 25 heavy (non-hydrogen) atoms. The Morgan fingerprint density at radius 3 is 1.40 bits per heavy atom. The van der Waals surface area contributed by atoms with Gasteiger partial charge in [0.25, 0.3) is 0 Å². The summed E-state index contributed by atoms with van der Waals surface area (Å²) >= 11 is 0. The van der Waals surface area contributed by atoms with E-state index in [2.05, 4.69) is 0 Å². The molecule has 2 fully saturated rings. The maximum absolute atomic E-state index is 13.2. The van der Waals surface area contributed by atoms with Gasteiger partial charge in [-0.2, -0.15) is 0 Å². The van der Waals surface area contributed by atoms with Gasteiger partial charge >= 0.3 is 0 Å². The summed E-state index contributed by atoms with van der Waals surface area (Å²) in [5.41, 5.74) is 3.81. The molecule has 128 valence electrons. The van der Waals surface area contributed by atoms with Gasteiger partial charge in [-0.3, -0.25) is 9.59 Å². The number of hydrogen-bond acceptors (Lipinski definition) is 2. The van der Waals surface area contributed by atoms with Crippen LogP contribution < -0.4 is 0 Å². The fourth-order valence-corrected chi connectivity index (χ4v) is 4.87. The van der Waals surface area contributed by atoms with Crippen LogP contribution in [0.1, 0.15) is 51.1 Å². The summed E-state index contributed by atoms with van der Waals surface area (Å²) < 4.78 is 0. The Kier molecular flexibility index (Phi) is 4.07. The molecule has 0 unspecified atom stereocenters. The molecule has 0 radical (unpaired) electrons. The third-order valence-electron chi connectivity index (χ3n) is 6.19. The van der Waals surface area contributed by atoms with E-state index in [0.717, 1.165) is 41.5 Å². The molecule has 2 aromatic rings. The molecule has 2 saturated carbocycles. The SMILES string of the molecule is Cc1ccc(C(=O)[C@@H]2[C@@H]3CC[C@@H](C3)[C@H]2C(=O)c2ccc(C)cc2)cc1. The van der Waals surface area contributed by atoms with E-state index < -0.39 is 0 Å². The van der Waals surface area contributed by atoms with E-state index in [4.69, 9.17) is 0 Å². The summed E-state index contributed by atoms with van der Waals surface area (Å²) in [5.74, 6) is 0.789.